The highest BCUT2D eigenvalue weighted by molar-refractivity contribution is 7.89. The first-order valence-corrected chi connectivity index (χ1v) is 9.10. The van der Waals surface area contributed by atoms with E-state index < -0.39 is 10.0 Å². The largest absolute Gasteiger partial charge is 0.396 e. The van der Waals surface area contributed by atoms with E-state index in [0.717, 1.165) is 34.7 Å². The third-order valence-electron chi connectivity index (χ3n) is 3.46. The molecule has 0 aliphatic carbocycles. The molecule has 5 nitrogen and oxygen atoms in total. The first-order valence-electron chi connectivity index (χ1n) is 6.74. The van der Waals surface area contributed by atoms with Crippen LogP contribution in [-0.2, 0) is 16.6 Å². The minimum atomic E-state index is -3.68. The SMILES string of the molecule is CCC(CCO)CNCc1c(C)sc(C)c1S(N)(=O)=O. The van der Waals surface area contributed by atoms with Crippen LogP contribution in [0.3, 0.4) is 0 Å². The molecule has 4 N–H and O–H groups in total. The van der Waals surface area contributed by atoms with Crippen LogP contribution >= 0.6 is 11.3 Å². The summed E-state index contributed by atoms with van der Waals surface area (Å²) in [6.07, 6.45) is 1.74. The van der Waals surface area contributed by atoms with Crippen molar-refractivity contribution >= 4 is 21.4 Å². The first-order chi connectivity index (χ1) is 9.31. The van der Waals surface area contributed by atoms with Crippen LogP contribution in [0.2, 0.25) is 0 Å². The number of primary sulfonamides is 1. The van der Waals surface area contributed by atoms with E-state index in [0.29, 0.717) is 12.5 Å². The van der Waals surface area contributed by atoms with Crippen LogP contribution in [0.15, 0.2) is 4.90 Å². The number of hydrogen-bond acceptors (Lipinski definition) is 5. The summed E-state index contributed by atoms with van der Waals surface area (Å²) in [4.78, 5) is 1.99. The van der Waals surface area contributed by atoms with Crippen molar-refractivity contribution in [3.63, 3.8) is 0 Å². The van der Waals surface area contributed by atoms with E-state index >= 15 is 0 Å². The van der Waals surface area contributed by atoms with Crippen LogP contribution < -0.4 is 10.5 Å². The van der Waals surface area contributed by atoms with Gasteiger partial charge in [0.15, 0.2) is 0 Å². The second-order valence-corrected chi connectivity index (χ2v) is 7.91. The zero-order valence-corrected chi connectivity index (χ0v) is 13.9. The Hall–Kier alpha value is -0.470. The molecule has 0 fully saturated rings. The van der Waals surface area contributed by atoms with Crippen LogP contribution in [0, 0.1) is 19.8 Å². The van der Waals surface area contributed by atoms with Crippen molar-refractivity contribution in [2.75, 3.05) is 13.2 Å². The lowest BCUT2D eigenvalue weighted by molar-refractivity contribution is 0.251. The van der Waals surface area contributed by atoms with Crippen molar-refractivity contribution in [1.29, 1.82) is 0 Å². The molecule has 116 valence electrons. The lowest BCUT2D eigenvalue weighted by atomic mass is 10.0. The Labute approximate surface area is 125 Å². The monoisotopic (exact) mass is 320 g/mol. The van der Waals surface area contributed by atoms with Crippen LogP contribution in [-0.4, -0.2) is 26.7 Å². The Morgan fingerprint density at radius 1 is 1.35 bits per heavy atom. The van der Waals surface area contributed by atoms with Gasteiger partial charge in [0.25, 0.3) is 0 Å². The molecule has 1 aromatic heterocycles. The van der Waals surface area contributed by atoms with E-state index in [1.165, 1.54) is 11.3 Å². The van der Waals surface area contributed by atoms with Crippen molar-refractivity contribution in [3.05, 3.63) is 15.3 Å². The molecule has 0 aromatic carbocycles. The van der Waals surface area contributed by atoms with Crippen molar-refractivity contribution < 1.29 is 13.5 Å². The number of hydrogen-bond donors (Lipinski definition) is 3. The molecule has 1 heterocycles. The molecule has 0 spiro atoms. The maximum absolute atomic E-state index is 11.7. The fourth-order valence-electron chi connectivity index (χ4n) is 2.32. The lowest BCUT2D eigenvalue weighted by Crippen LogP contribution is -2.24. The van der Waals surface area contributed by atoms with E-state index in [9.17, 15) is 8.42 Å². The second-order valence-electron chi connectivity index (χ2n) is 4.98. The van der Waals surface area contributed by atoms with Gasteiger partial charge >= 0.3 is 0 Å². The summed E-state index contributed by atoms with van der Waals surface area (Å²) in [6.45, 7) is 7.20. The number of aryl methyl sites for hydroxylation is 2. The molecule has 0 radical (unpaired) electrons. The average Bonchev–Trinajstić information content (AvgIpc) is 2.62. The summed E-state index contributed by atoms with van der Waals surface area (Å²) in [5.74, 6) is 0.401. The summed E-state index contributed by atoms with van der Waals surface area (Å²) in [5, 5.41) is 17.5. The predicted molar refractivity (Wildman–Crippen MR) is 82.4 cm³/mol. The molecule has 7 heteroatoms. The molecule has 0 aliphatic rings. The van der Waals surface area contributed by atoms with Gasteiger partial charge < -0.3 is 10.4 Å². The Balaban J connectivity index is 2.79. The molecular formula is C13H24N2O3S2. The Morgan fingerprint density at radius 2 is 2.00 bits per heavy atom. The topological polar surface area (TPSA) is 92.4 Å². The van der Waals surface area contributed by atoms with Gasteiger partial charge in [0.2, 0.25) is 10.0 Å². The Kier molecular flexibility index (Phi) is 6.60. The van der Waals surface area contributed by atoms with E-state index in [1.807, 2.05) is 6.92 Å². The zero-order chi connectivity index (χ0) is 15.3. The molecule has 0 saturated heterocycles. The van der Waals surface area contributed by atoms with Crippen LogP contribution in [0.25, 0.3) is 0 Å². The minimum Gasteiger partial charge on any atom is -0.396 e. The number of nitrogens with one attached hydrogen (secondary N) is 1. The number of thiophene rings is 1. The molecule has 0 saturated carbocycles. The van der Waals surface area contributed by atoms with Crippen molar-refractivity contribution in [1.82, 2.24) is 5.32 Å². The van der Waals surface area contributed by atoms with E-state index in [4.69, 9.17) is 10.2 Å². The van der Waals surface area contributed by atoms with Gasteiger partial charge in [-0.15, -0.1) is 11.3 Å². The van der Waals surface area contributed by atoms with Gasteiger partial charge in [0, 0.05) is 22.9 Å². The second kappa shape index (κ2) is 7.51. The highest BCUT2D eigenvalue weighted by atomic mass is 32.2. The first kappa shape index (κ1) is 17.6. The summed E-state index contributed by atoms with van der Waals surface area (Å²) >= 11 is 1.46. The standard InChI is InChI=1S/C13H24N2O3S2/c1-4-11(5-6-16)7-15-8-12-9(2)19-10(3)13(12)20(14,17)18/h11,15-16H,4-8H2,1-3H3,(H2,14,17,18). The Morgan fingerprint density at radius 3 is 2.50 bits per heavy atom. The van der Waals surface area contributed by atoms with Crippen LogP contribution in [0.1, 0.15) is 35.1 Å². The number of aliphatic hydroxyl groups is 1. The summed E-state index contributed by atoms with van der Waals surface area (Å²) in [5.41, 5.74) is 0.772. The maximum Gasteiger partial charge on any atom is 0.239 e. The van der Waals surface area contributed by atoms with E-state index in [1.54, 1.807) is 6.92 Å². The normalized spacial score (nSPS) is 13.7. The summed E-state index contributed by atoms with van der Waals surface area (Å²) in [6, 6.07) is 0. The van der Waals surface area contributed by atoms with Crippen LogP contribution in [0.5, 0.6) is 0 Å². The fraction of sp³-hybridized carbons (Fsp3) is 0.692. The van der Waals surface area contributed by atoms with Gasteiger partial charge in [0.1, 0.15) is 4.90 Å². The maximum atomic E-state index is 11.7. The van der Waals surface area contributed by atoms with Gasteiger partial charge in [-0.3, -0.25) is 0 Å². The number of sulfonamides is 1. The molecule has 0 bridgehead atoms. The van der Waals surface area contributed by atoms with Crippen molar-refractivity contribution in [3.8, 4) is 0 Å². The van der Waals surface area contributed by atoms with Gasteiger partial charge in [-0.05, 0) is 38.3 Å². The van der Waals surface area contributed by atoms with Crippen LogP contribution in [0.4, 0.5) is 0 Å². The van der Waals surface area contributed by atoms with Crippen molar-refractivity contribution in [2.45, 2.75) is 45.1 Å². The van der Waals surface area contributed by atoms with E-state index in [-0.39, 0.29) is 11.5 Å². The molecule has 1 rings (SSSR count). The van der Waals surface area contributed by atoms with Gasteiger partial charge in [-0.1, -0.05) is 13.3 Å². The highest BCUT2D eigenvalue weighted by Gasteiger charge is 2.21. The number of aliphatic hydroxyl groups excluding tert-OH is 1. The molecule has 20 heavy (non-hydrogen) atoms. The third kappa shape index (κ3) is 4.53. The number of nitrogens with two attached hydrogens (primary N) is 1. The van der Waals surface area contributed by atoms with Gasteiger partial charge in [0.05, 0.1) is 0 Å². The average molecular weight is 320 g/mol. The van der Waals surface area contributed by atoms with Gasteiger partial charge in [-0.2, -0.15) is 0 Å². The van der Waals surface area contributed by atoms with Crippen molar-refractivity contribution in [2.24, 2.45) is 11.1 Å². The quantitative estimate of drug-likeness (QED) is 0.677. The van der Waals surface area contributed by atoms with Gasteiger partial charge in [-0.25, -0.2) is 13.6 Å². The third-order valence-corrected chi connectivity index (χ3v) is 5.77. The smallest absolute Gasteiger partial charge is 0.239 e. The summed E-state index contributed by atoms with van der Waals surface area (Å²) < 4.78 is 23.3. The lowest BCUT2D eigenvalue weighted by Gasteiger charge is -2.14. The molecule has 0 amide bonds. The molecule has 0 aliphatic heterocycles. The molecular weight excluding hydrogens is 296 g/mol. The highest BCUT2D eigenvalue weighted by Crippen LogP contribution is 2.30. The molecule has 1 atom stereocenters. The molecule has 1 aromatic rings. The number of rotatable bonds is 8. The predicted octanol–water partition coefficient (Wildman–Crippen LogP) is 1.51. The zero-order valence-electron chi connectivity index (χ0n) is 12.3. The Bertz CT molecular complexity index is 538. The molecule has 1 unspecified atom stereocenters. The minimum absolute atomic E-state index is 0.180. The fourth-order valence-corrected chi connectivity index (χ4v) is 4.80. The summed E-state index contributed by atoms with van der Waals surface area (Å²) in [7, 11) is -3.68. The van der Waals surface area contributed by atoms with E-state index in [2.05, 4.69) is 12.2 Å².